The minimum absolute atomic E-state index is 0.00713. The molecule has 2 aromatic rings. The van der Waals surface area contributed by atoms with Crippen molar-refractivity contribution < 1.29 is 32.2 Å². The molecule has 0 saturated heterocycles. The molecule has 0 aromatic heterocycles. The lowest BCUT2D eigenvalue weighted by Gasteiger charge is -2.16. The van der Waals surface area contributed by atoms with Crippen molar-refractivity contribution in [1.29, 1.82) is 0 Å². The maximum atomic E-state index is 12.5. The van der Waals surface area contributed by atoms with E-state index in [9.17, 15) is 13.2 Å². The number of hydrogen-bond acceptors (Lipinski definition) is 7. The van der Waals surface area contributed by atoms with E-state index in [4.69, 9.17) is 18.9 Å². The number of esters is 1. The molecule has 0 aliphatic rings. The van der Waals surface area contributed by atoms with Crippen LogP contribution in [0.2, 0.25) is 0 Å². The summed E-state index contributed by atoms with van der Waals surface area (Å²) < 4.78 is 47.1. The molecule has 2 aromatic carbocycles. The van der Waals surface area contributed by atoms with Crippen LogP contribution in [0.5, 0.6) is 17.2 Å². The lowest BCUT2D eigenvalue weighted by atomic mass is 10.1. The molecule has 0 spiro atoms. The molecule has 0 radical (unpaired) electrons. The van der Waals surface area contributed by atoms with Gasteiger partial charge in [-0.3, -0.25) is 0 Å². The Morgan fingerprint density at radius 3 is 2.07 bits per heavy atom. The number of benzene rings is 2. The van der Waals surface area contributed by atoms with E-state index in [-0.39, 0.29) is 22.8 Å². The molecule has 0 atom stereocenters. The summed E-state index contributed by atoms with van der Waals surface area (Å²) >= 11 is 0. The van der Waals surface area contributed by atoms with Gasteiger partial charge >= 0.3 is 5.97 Å². The van der Waals surface area contributed by atoms with Crippen LogP contribution in [-0.4, -0.2) is 54.1 Å². The SMILES string of the molecule is COc1cc(C)c(COC(=O)c2ccc(OC)c(S(=O)(=O)N(C)C)c2)cc1OC. The predicted molar refractivity (Wildman–Crippen MR) is 107 cm³/mol. The molecule has 0 heterocycles. The normalized spacial score (nSPS) is 11.3. The van der Waals surface area contributed by atoms with Crippen molar-refractivity contribution in [1.82, 2.24) is 4.31 Å². The predicted octanol–water partition coefficient (Wildman–Crippen LogP) is 2.63. The van der Waals surface area contributed by atoms with Crippen LogP contribution >= 0.6 is 0 Å². The first kappa shape index (κ1) is 22.5. The maximum Gasteiger partial charge on any atom is 0.338 e. The van der Waals surface area contributed by atoms with E-state index in [1.54, 1.807) is 19.2 Å². The number of aryl methyl sites for hydroxylation is 1. The summed E-state index contributed by atoms with van der Waals surface area (Å²) in [6.07, 6.45) is 0. The fraction of sp³-hybridized carbons (Fsp3) is 0.350. The first-order valence-electron chi connectivity index (χ1n) is 8.64. The number of sulfonamides is 1. The van der Waals surface area contributed by atoms with Gasteiger partial charge in [0.2, 0.25) is 10.0 Å². The Morgan fingerprint density at radius 1 is 0.931 bits per heavy atom. The molecule has 158 valence electrons. The minimum atomic E-state index is -3.80. The second-order valence-electron chi connectivity index (χ2n) is 6.36. The van der Waals surface area contributed by atoms with Gasteiger partial charge in [-0.25, -0.2) is 17.5 Å². The highest BCUT2D eigenvalue weighted by molar-refractivity contribution is 7.89. The van der Waals surface area contributed by atoms with Gasteiger partial charge in [-0.2, -0.15) is 0 Å². The number of carbonyl (C=O) groups is 1. The van der Waals surface area contributed by atoms with Crippen molar-refractivity contribution in [3.63, 3.8) is 0 Å². The highest BCUT2D eigenvalue weighted by Crippen LogP contribution is 2.31. The minimum Gasteiger partial charge on any atom is -0.495 e. The molecule has 9 heteroatoms. The van der Waals surface area contributed by atoms with Crippen molar-refractivity contribution in [2.45, 2.75) is 18.4 Å². The molecule has 0 saturated carbocycles. The monoisotopic (exact) mass is 423 g/mol. The molecule has 0 N–H and O–H groups in total. The fourth-order valence-corrected chi connectivity index (χ4v) is 3.68. The van der Waals surface area contributed by atoms with Crippen LogP contribution in [0.3, 0.4) is 0 Å². The third kappa shape index (κ3) is 4.80. The summed E-state index contributed by atoms with van der Waals surface area (Å²) in [5.41, 5.74) is 1.70. The van der Waals surface area contributed by atoms with Gasteiger partial charge in [0.25, 0.3) is 0 Å². The van der Waals surface area contributed by atoms with Gasteiger partial charge in [-0.05, 0) is 48.4 Å². The zero-order chi connectivity index (χ0) is 21.8. The van der Waals surface area contributed by atoms with Crippen LogP contribution in [0, 0.1) is 6.92 Å². The number of nitrogens with zero attached hydrogens (tertiary/aromatic N) is 1. The fourth-order valence-electron chi connectivity index (χ4n) is 2.61. The molecule has 2 rings (SSSR count). The summed E-state index contributed by atoms with van der Waals surface area (Å²) in [6.45, 7) is 1.85. The smallest absolute Gasteiger partial charge is 0.338 e. The van der Waals surface area contributed by atoms with Crippen molar-refractivity contribution in [3.8, 4) is 17.2 Å². The maximum absolute atomic E-state index is 12.5. The Bertz CT molecular complexity index is 1000. The van der Waals surface area contributed by atoms with Gasteiger partial charge < -0.3 is 18.9 Å². The molecule has 0 aliphatic carbocycles. The number of ether oxygens (including phenoxy) is 4. The van der Waals surface area contributed by atoms with Crippen LogP contribution < -0.4 is 14.2 Å². The van der Waals surface area contributed by atoms with Crippen LogP contribution in [0.1, 0.15) is 21.5 Å². The van der Waals surface area contributed by atoms with Crippen LogP contribution in [0.25, 0.3) is 0 Å². The largest absolute Gasteiger partial charge is 0.495 e. The number of carbonyl (C=O) groups excluding carboxylic acids is 1. The summed E-state index contributed by atoms with van der Waals surface area (Å²) in [6, 6.07) is 7.65. The van der Waals surface area contributed by atoms with E-state index in [2.05, 4.69) is 0 Å². The van der Waals surface area contributed by atoms with Gasteiger partial charge in [-0.15, -0.1) is 0 Å². The van der Waals surface area contributed by atoms with E-state index in [1.165, 1.54) is 46.5 Å². The van der Waals surface area contributed by atoms with E-state index >= 15 is 0 Å². The lowest BCUT2D eigenvalue weighted by Crippen LogP contribution is -2.23. The molecular formula is C20H25NO7S. The van der Waals surface area contributed by atoms with E-state index in [0.717, 1.165) is 15.4 Å². The summed E-state index contributed by atoms with van der Waals surface area (Å²) in [5.74, 6) is 0.588. The van der Waals surface area contributed by atoms with Gasteiger partial charge in [0.05, 0.1) is 26.9 Å². The van der Waals surface area contributed by atoms with Gasteiger partial charge in [0.15, 0.2) is 11.5 Å². The van der Waals surface area contributed by atoms with Gasteiger partial charge in [-0.1, -0.05) is 0 Å². The molecular weight excluding hydrogens is 398 g/mol. The Labute approximate surface area is 171 Å². The van der Waals surface area contributed by atoms with Crippen LogP contribution in [0.15, 0.2) is 35.2 Å². The Kier molecular flexibility index (Phi) is 7.10. The standard InChI is InChI=1S/C20H25NO7S/c1-13-9-17(26-5)18(27-6)10-15(13)12-28-20(22)14-7-8-16(25-4)19(11-14)29(23,24)21(2)3/h7-11H,12H2,1-6H3. The van der Waals surface area contributed by atoms with Crippen LogP contribution in [-0.2, 0) is 21.4 Å². The summed E-state index contributed by atoms with van der Waals surface area (Å²) in [4.78, 5) is 12.4. The third-order valence-electron chi connectivity index (χ3n) is 4.36. The Hall–Kier alpha value is -2.78. The lowest BCUT2D eigenvalue weighted by molar-refractivity contribution is 0.0471. The number of methoxy groups -OCH3 is 3. The van der Waals surface area contributed by atoms with E-state index < -0.39 is 16.0 Å². The van der Waals surface area contributed by atoms with Crippen molar-refractivity contribution in [2.75, 3.05) is 35.4 Å². The molecule has 29 heavy (non-hydrogen) atoms. The zero-order valence-electron chi connectivity index (χ0n) is 17.3. The first-order chi connectivity index (χ1) is 13.6. The molecule has 0 fully saturated rings. The topological polar surface area (TPSA) is 91.4 Å². The van der Waals surface area contributed by atoms with Gasteiger partial charge in [0, 0.05) is 14.1 Å². The highest BCUT2D eigenvalue weighted by atomic mass is 32.2. The number of hydrogen-bond donors (Lipinski definition) is 0. The van der Waals surface area contributed by atoms with Crippen molar-refractivity contribution in [3.05, 3.63) is 47.0 Å². The Balaban J connectivity index is 2.28. The zero-order valence-corrected chi connectivity index (χ0v) is 18.1. The summed E-state index contributed by atoms with van der Waals surface area (Å²) in [5, 5.41) is 0. The second-order valence-corrected chi connectivity index (χ2v) is 8.48. The highest BCUT2D eigenvalue weighted by Gasteiger charge is 2.24. The first-order valence-corrected chi connectivity index (χ1v) is 10.1. The average Bonchev–Trinajstić information content (AvgIpc) is 2.71. The number of rotatable bonds is 8. The Morgan fingerprint density at radius 2 is 1.52 bits per heavy atom. The molecule has 8 nitrogen and oxygen atoms in total. The van der Waals surface area contributed by atoms with Gasteiger partial charge in [0.1, 0.15) is 17.3 Å². The average molecular weight is 423 g/mol. The van der Waals surface area contributed by atoms with Crippen molar-refractivity contribution >= 4 is 16.0 Å². The third-order valence-corrected chi connectivity index (χ3v) is 6.20. The quantitative estimate of drug-likeness (QED) is 0.603. The van der Waals surface area contributed by atoms with E-state index in [0.29, 0.717) is 11.5 Å². The van der Waals surface area contributed by atoms with Crippen LogP contribution in [0.4, 0.5) is 0 Å². The molecule has 0 aliphatic heterocycles. The van der Waals surface area contributed by atoms with E-state index in [1.807, 2.05) is 6.92 Å². The van der Waals surface area contributed by atoms with Crippen molar-refractivity contribution in [2.24, 2.45) is 0 Å². The molecule has 0 bridgehead atoms. The second kappa shape index (κ2) is 9.15. The summed E-state index contributed by atoms with van der Waals surface area (Å²) in [7, 11) is 3.43. The molecule has 0 unspecified atom stereocenters. The molecule has 0 amide bonds.